The number of aliphatic carboxylic acids is 1. The standard InChI is InChI=1S/C9H18N2O4/c1-2-4-15-5-3-11(6-8(10)12)7-9(13)14/h2-7H2,1H3,(H2,10,12)(H,13,14). The van der Waals surface area contributed by atoms with Gasteiger partial charge in [0.1, 0.15) is 0 Å². The summed E-state index contributed by atoms with van der Waals surface area (Å²) in [7, 11) is 0. The molecule has 0 saturated carbocycles. The van der Waals surface area contributed by atoms with Crippen molar-refractivity contribution in [1.82, 2.24) is 4.90 Å². The third-order valence-corrected chi connectivity index (χ3v) is 1.64. The second-order valence-corrected chi connectivity index (χ2v) is 3.18. The van der Waals surface area contributed by atoms with Crippen molar-refractivity contribution >= 4 is 11.9 Å². The lowest BCUT2D eigenvalue weighted by molar-refractivity contribution is -0.138. The van der Waals surface area contributed by atoms with Crippen molar-refractivity contribution in [3.8, 4) is 0 Å². The van der Waals surface area contributed by atoms with Crippen LogP contribution >= 0.6 is 0 Å². The molecule has 0 rings (SSSR count). The summed E-state index contributed by atoms with van der Waals surface area (Å²) in [5.41, 5.74) is 4.99. The third kappa shape index (κ3) is 9.17. The average Bonchev–Trinajstić information content (AvgIpc) is 2.10. The van der Waals surface area contributed by atoms with E-state index < -0.39 is 11.9 Å². The predicted molar refractivity (Wildman–Crippen MR) is 54.4 cm³/mol. The molecule has 0 saturated heterocycles. The number of carbonyl (C=O) groups excluding carboxylic acids is 1. The minimum absolute atomic E-state index is 0.0538. The van der Waals surface area contributed by atoms with Crippen LogP contribution in [0.25, 0.3) is 0 Å². The highest BCUT2D eigenvalue weighted by Gasteiger charge is 2.11. The summed E-state index contributed by atoms with van der Waals surface area (Å²) in [6, 6.07) is 0. The summed E-state index contributed by atoms with van der Waals surface area (Å²) < 4.78 is 5.19. The monoisotopic (exact) mass is 218 g/mol. The van der Waals surface area contributed by atoms with Crippen molar-refractivity contribution in [3.63, 3.8) is 0 Å². The molecule has 0 radical (unpaired) electrons. The lowest BCUT2D eigenvalue weighted by Crippen LogP contribution is -2.39. The summed E-state index contributed by atoms with van der Waals surface area (Å²) in [6.07, 6.45) is 0.911. The Bertz CT molecular complexity index is 192. The highest BCUT2D eigenvalue weighted by Crippen LogP contribution is 1.89. The highest BCUT2D eigenvalue weighted by atomic mass is 16.5. The summed E-state index contributed by atoms with van der Waals surface area (Å²) in [4.78, 5) is 22.5. The topological polar surface area (TPSA) is 92.9 Å². The lowest BCUT2D eigenvalue weighted by atomic mass is 10.4. The van der Waals surface area contributed by atoms with E-state index in [1.807, 2.05) is 6.92 Å². The zero-order chi connectivity index (χ0) is 11.7. The molecule has 0 aromatic rings. The van der Waals surface area contributed by atoms with Crippen LogP contribution in [0.15, 0.2) is 0 Å². The minimum Gasteiger partial charge on any atom is -0.480 e. The molecular formula is C9H18N2O4. The minimum atomic E-state index is -0.980. The van der Waals surface area contributed by atoms with E-state index >= 15 is 0 Å². The van der Waals surface area contributed by atoms with E-state index in [-0.39, 0.29) is 13.1 Å². The summed E-state index contributed by atoms with van der Waals surface area (Å²) in [5, 5.41) is 8.56. The fourth-order valence-corrected chi connectivity index (χ4v) is 1.07. The molecule has 0 atom stereocenters. The number of carboxylic acids is 1. The number of carbonyl (C=O) groups is 2. The number of primary amides is 1. The molecular weight excluding hydrogens is 200 g/mol. The molecule has 0 aliphatic carbocycles. The van der Waals surface area contributed by atoms with Crippen molar-refractivity contribution < 1.29 is 19.4 Å². The number of amides is 1. The van der Waals surface area contributed by atoms with Crippen LogP contribution in [0.3, 0.4) is 0 Å². The maximum atomic E-state index is 10.6. The Balaban J connectivity index is 3.79. The van der Waals surface area contributed by atoms with Gasteiger partial charge in [0.05, 0.1) is 19.7 Å². The highest BCUT2D eigenvalue weighted by molar-refractivity contribution is 5.77. The first-order valence-corrected chi connectivity index (χ1v) is 4.86. The van der Waals surface area contributed by atoms with Gasteiger partial charge in [-0.05, 0) is 6.42 Å². The van der Waals surface area contributed by atoms with Gasteiger partial charge in [0, 0.05) is 13.2 Å². The maximum absolute atomic E-state index is 10.6. The van der Waals surface area contributed by atoms with Gasteiger partial charge < -0.3 is 15.6 Å². The van der Waals surface area contributed by atoms with Gasteiger partial charge in [-0.15, -0.1) is 0 Å². The van der Waals surface area contributed by atoms with Crippen molar-refractivity contribution in [1.29, 1.82) is 0 Å². The normalized spacial score (nSPS) is 10.5. The number of hydrogen-bond donors (Lipinski definition) is 2. The molecule has 15 heavy (non-hydrogen) atoms. The van der Waals surface area contributed by atoms with Crippen molar-refractivity contribution in [3.05, 3.63) is 0 Å². The van der Waals surface area contributed by atoms with Crippen LogP contribution < -0.4 is 5.73 Å². The van der Waals surface area contributed by atoms with E-state index in [0.29, 0.717) is 19.8 Å². The Labute approximate surface area is 89.0 Å². The maximum Gasteiger partial charge on any atom is 0.317 e. The van der Waals surface area contributed by atoms with Gasteiger partial charge in [-0.2, -0.15) is 0 Å². The van der Waals surface area contributed by atoms with Gasteiger partial charge in [0.25, 0.3) is 0 Å². The van der Waals surface area contributed by atoms with E-state index in [4.69, 9.17) is 15.6 Å². The SMILES string of the molecule is CCCOCCN(CC(N)=O)CC(=O)O. The van der Waals surface area contributed by atoms with Crippen LogP contribution in [0, 0.1) is 0 Å². The zero-order valence-electron chi connectivity index (χ0n) is 8.94. The molecule has 1 amide bonds. The number of nitrogens with zero attached hydrogens (tertiary/aromatic N) is 1. The van der Waals surface area contributed by atoms with Gasteiger partial charge in [-0.1, -0.05) is 6.92 Å². The molecule has 3 N–H and O–H groups in total. The van der Waals surface area contributed by atoms with Crippen LogP contribution in [-0.2, 0) is 14.3 Å². The second kappa shape index (κ2) is 8.19. The lowest BCUT2D eigenvalue weighted by Gasteiger charge is -2.17. The molecule has 0 aromatic heterocycles. The smallest absolute Gasteiger partial charge is 0.317 e. The number of carboxylic acid groups (broad SMARTS) is 1. The Kier molecular flexibility index (Phi) is 7.57. The summed E-state index contributed by atoms with van der Waals surface area (Å²) >= 11 is 0. The number of nitrogens with two attached hydrogens (primary N) is 1. The van der Waals surface area contributed by atoms with Gasteiger partial charge >= 0.3 is 5.97 Å². The molecule has 0 heterocycles. The van der Waals surface area contributed by atoms with E-state index in [2.05, 4.69) is 0 Å². The van der Waals surface area contributed by atoms with Crippen LogP contribution in [0.2, 0.25) is 0 Å². The third-order valence-electron chi connectivity index (χ3n) is 1.64. The van der Waals surface area contributed by atoms with Crippen LogP contribution in [0.1, 0.15) is 13.3 Å². The van der Waals surface area contributed by atoms with Crippen molar-refractivity contribution in [2.45, 2.75) is 13.3 Å². The molecule has 0 aliphatic heterocycles. The predicted octanol–water partition coefficient (Wildman–Crippen LogP) is -0.715. The van der Waals surface area contributed by atoms with Crippen molar-refractivity contribution in [2.75, 3.05) is 32.8 Å². The summed E-state index contributed by atoms with van der Waals surface area (Å²) in [6.45, 7) is 3.18. The Morgan fingerprint density at radius 3 is 2.47 bits per heavy atom. The Morgan fingerprint density at radius 1 is 1.33 bits per heavy atom. The first-order chi connectivity index (χ1) is 7.06. The fourth-order valence-electron chi connectivity index (χ4n) is 1.07. The van der Waals surface area contributed by atoms with E-state index in [1.54, 1.807) is 0 Å². The van der Waals surface area contributed by atoms with Gasteiger partial charge in [0.2, 0.25) is 5.91 Å². The van der Waals surface area contributed by atoms with E-state index in [0.717, 1.165) is 6.42 Å². The van der Waals surface area contributed by atoms with E-state index in [1.165, 1.54) is 4.90 Å². The molecule has 0 aromatic carbocycles. The molecule has 88 valence electrons. The molecule has 0 fully saturated rings. The molecule has 0 aliphatic rings. The largest absolute Gasteiger partial charge is 0.480 e. The number of hydrogen-bond acceptors (Lipinski definition) is 4. The quantitative estimate of drug-likeness (QED) is 0.498. The average molecular weight is 218 g/mol. The second-order valence-electron chi connectivity index (χ2n) is 3.18. The van der Waals surface area contributed by atoms with Crippen LogP contribution in [-0.4, -0.2) is 54.7 Å². The first kappa shape index (κ1) is 13.9. The van der Waals surface area contributed by atoms with Crippen LogP contribution in [0.5, 0.6) is 0 Å². The van der Waals surface area contributed by atoms with Gasteiger partial charge in [0.15, 0.2) is 0 Å². The Morgan fingerprint density at radius 2 is 2.00 bits per heavy atom. The summed E-state index contributed by atoms with van der Waals surface area (Å²) in [5.74, 6) is -1.52. The molecule has 0 spiro atoms. The molecule has 0 unspecified atom stereocenters. The first-order valence-electron chi connectivity index (χ1n) is 4.86. The van der Waals surface area contributed by atoms with Crippen molar-refractivity contribution in [2.24, 2.45) is 5.73 Å². The zero-order valence-corrected chi connectivity index (χ0v) is 8.94. The molecule has 6 nitrogen and oxygen atoms in total. The van der Waals surface area contributed by atoms with E-state index in [9.17, 15) is 9.59 Å². The number of ether oxygens (including phenoxy) is 1. The fraction of sp³-hybridized carbons (Fsp3) is 0.778. The van der Waals surface area contributed by atoms with Gasteiger partial charge in [-0.3, -0.25) is 14.5 Å². The van der Waals surface area contributed by atoms with Crippen LogP contribution in [0.4, 0.5) is 0 Å². The molecule has 0 bridgehead atoms. The number of rotatable bonds is 9. The Hall–Kier alpha value is -1.14. The van der Waals surface area contributed by atoms with Gasteiger partial charge in [-0.25, -0.2) is 0 Å². The molecule has 6 heteroatoms.